The number of aryl methyl sites for hydroxylation is 2. The molecular formula is C16H13F4N5OS. The predicted octanol–water partition coefficient (Wildman–Crippen LogP) is 3.91. The molecule has 1 aromatic carbocycles. The molecule has 0 aliphatic carbocycles. The third kappa shape index (κ3) is 3.82. The Morgan fingerprint density at radius 2 is 2.04 bits per heavy atom. The van der Waals surface area contributed by atoms with Crippen LogP contribution in [0.4, 0.5) is 23.2 Å². The number of rotatable bonds is 4. The van der Waals surface area contributed by atoms with E-state index in [0.717, 1.165) is 28.3 Å². The van der Waals surface area contributed by atoms with Crippen LogP contribution in [-0.2, 0) is 19.6 Å². The molecule has 0 saturated heterocycles. The summed E-state index contributed by atoms with van der Waals surface area (Å²) in [6.07, 6.45) is -4.10. The number of hydrogen-bond donors (Lipinski definition) is 1. The number of halogens is 4. The van der Waals surface area contributed by atoms with Crippen LogP contribution >= 0.6 is 11.5 Å². The molecular weight excluding hydrogens is 386 g/mol. The Balaban J connectivity index is 1.86. The summed E-state index contributed by atoms with van der Waals surface area (Å²) in [6.45, 7) is 1.82. The molecule has 0 saturated carbocycles. The monoisotopic (exact) mass is 399 g/mol. The van der Waals surface area contributed by atoms with Crippen LogP contribution in [0.15, 0.2) is 24.3 Å². The first-order chi connectivity index (χ1) is 12.7. The van der Waals surface area contributed by atoms with Crippen LogP contribution in [0, 0.1) is 5.82 Å². The highest BCUT2D eigenvalue weighted by atomic mass is 32.1. The Morgan fingerprint density at radius 3 is 2.63 bits per heavy atom. The summed E-state index contributed by atoms with van der Waals surface area (Å²) in [6, 6.07) is 4.49. The highest BCUT2D eigenvalue weighted by molar-refractivity contribution is 7.08. The zero-order chi connectivity index (χ0) is 19.8. The van der Waals surface area contributed by atoms with Gasteiger partial charge in [0.2, 0.25) is 0 Å². The number of carbonyl (C=O) groups is 1. The fraction of sp³-hybridized carbons (Fsp3) is 0.250. The summed E-state index contributed by atoms with van der Waals surface area (Å²) < 4.78 is 57.5. The molecule has 0 unspecified atom stereocenters. The second kappa shape index (κ2) is 7.06. The fourth-order valence-corrected chi connectivity index (χ4v) is 3.10. The molecule has 0 fully saturated rings. The van der Waals surface area contributed by atoms with Gasteiger partial charge in [-0.2, -0.15) is 18.3 Å². The van der Waals surface area contributed by atoms with Crippen molar-refractivity contribution in [2.24, 2.45) is 7.05 Å². The lowest BCUT2D eigenvalue weighted by Crippen LogP contribution is -2.12. The predicted molar refractivity (Wildman–Crippen MR) is 90.8 cm³/mol. The van der Waals surface area contributed by atoms with Crippen molar-refractivity contribution in [1.82, 2.24) is 19.4 Å². The van der Waals surface area contributed by atoms with Gasteiger partial charge in [0.1, 0.15) is 10.7 Å². The average molecular weight is 399 g/mol. The van der Waals surface area contributed by atoms with Crippen LogP contribution < -0.4 is 5.32 Å². The molecule has 0 spiro atoms. The maximum atomic E-state index is 14.5. The van der Waals surface area contributed by atoms with Gasteiger partial charge in [0.25, 0.3) is 5.91 Å². The van der Waals surface area contributed by atoms with Gasteiger partial charge in [-0.25, -0.2) is 4.39 Å². The molecule has 1 N–H and O–H groups in total. The van der Waals surface area contributed by atoms with E-state index in [1.165, 1.54) is 19.2 Å². The van der Waals surface area contributed by atoms with Crippen LogP contribution in [0.1, 0.15) is 28.0 Å². The van der Waals surface area contributed by atoms with E-state index in [2.05, 4.69) is 20.0 Å². The molecule has 1 amide bonds. The summed E-state index contributed by atoms with van der Waals surface area (Å²) in [5.41, 5.74) is -0.509. The Bertz CT molecular complexity index is 995. The van der Waals surface area contributed by atoms with E-state index >= 15 is 0 Å². The van der Waals surface area contributed by atoms with Crippen LogP contribution in [0.3, 0.4) is 0 Å². The molecule has 0 aliphatic heterocycles. The first-order valence-electron chi connectivity index (χ1n) is 7.74. The molecule has 0 bridgehead atoms. The number of carbonyl (C=O) groups excluding carboxylic acids is 1. The van der Waals surface area contributed by atoms with Gasteiger partial charge in [-0.3, -0.25) is 9.48 Å². The number of nitrogens with zero attached hydrogens (tertiary/aromatic N) is 4. The van der Waals surface area contributed by atoms with E-state index in [1.807, 2.05) is 6.92 Å². The standard InChI is InChI=1S/C16H13F4N5OS/c1-3-11-14(27-24-22-11)15(26)21-8-4-5-9(10(17)6-8)12-7-13(16(18,19)20)23-25(12)2/h4-7H,3H2,1-2H3,(H,21,26). The van der Waals surface area contributed by atoms with E-state index in [9.17, 15) is 22.4 Å². The summed E-state index contributed by atoms with van der Waals surface area (Å²) in [5.74, 6) is -1.27. The lowest BCUT2D eigenvalue weighted by atomic mass is 10.1. The zero-order valence-corrected chi connectivity index (χ0v) is 15.0. The van der Waals surface area contributed by atoms with E-state index in [4.69, 9.17) is 0 Å². The number of anilines is 1. The molecule has 3 rings (SSSR count). The first kappa shape index (κ1) is 19.0. The molecule has 27 heavy (non-hydrogen) atoms. The number of amides is 1. The minimum absolute atomic E-state index is 0.0300. The fourth-order valence-electron chi connectivity index (χ4n) is 2.46. The van der Waals surface area contributed by atoms with Crippen molar-refractivity contribution < 1.29 is 22.4 Å². The molecule has 11 heteroatoms. The minimum Gasteiger partial charge on any atom is -0.321 e. The summed E-state index contributed by atoms with van der Waals surface area (Å²) in [5, 5.41) is 9.73. The molecule has 0 atom stereocenters. The largest absolute Gasteiger partial charge is 0.435 e. The molecule has 0 aliphatic rings. The number of nitrogens with one attached hydrogen (secondary N) is 1. The quantitative estimate of drug-likeness (QED) is 0.675. The summed E-state index contributed by atoms with van der Waals surface area (Å²) in [7, 11) is 1.29. The number of aromatic nitrogens is 4. The smallest absolute Gasteiger partial charge is 0.321 e. The van der Waals surface area contributed by atoms with Crippen molar-refractivity contribution in [1.29, 1.82) is 0 Å². The normalized spacial score (nSPS) is 11.6. The van der Waals surface area contributed by atoms with Gasteiger partial charge in [-0.15, -0.1) is 5.10 Å². The molecule has 2 heterocycles. The Kier molecular flexibility index (Phi) is 4.96. The Morgan fingerprint density at radius 1 is 1.30 bits per heavy atom. The van der Waals surface area contributed by atoms with Crippen molar-refractivity contribution in [2.45, 2.75) is 19.5 Å². The van der Waals surface area contributed by atoms with Crippen molar-refractivity contribution in [3.63, 3.8) is 0 Å². The maximum Gasteiger partial charge on any atom is 0.435 e. The Hall–Kier alpha value is -2.82. The third-order valence-electron chi connectivity index (χ3n) is 3.77. The maximum absolute atomic E-state index is 14.5. The van der Waals surface area contributed by atoms with Gasteiger partial charge in [-0.05, 0) is 42.2 Å². The SMILES string of the molecule is CCc1nnsc1C(=O)Nc1ccc(-c2cc(C(F)(F)F)nn2C)c(F)c1. The second-order valence-electron chi connectivity index (χ2n) is 5.59. The summed E-state index contributed by atoms with van der Waals surface area (Å²) in [4.78, 5) is 12.6. The van der Waals surface area contributed by atoms with Crippen molar-refractivity contribution in [3.8, 4) is 11.3 Å². The molecule has 0 radical (unpaired) electrons. The number of hydrogen-bond acceptors (Lipinski definition) is 5. The van der Waals surface area contributed by atoms with Crippen molar-refractivity contribution in [3.05, 3.63) is 46.3 Å². The average Bonchev–Trinajstić information content (AvgIpc) is 3.21. The number of alkyl halides is 3. The van der Waals surface area contributed by atoms with Crippen LogP contribution in [0.2, 0.25) is 0 Å². The highest BCUT2D eigenvalue weighted by Crippen LogP contribution is 2.33. The number of benzene rings is 1. The van der Waals surface area contributed by atoms with Gasteiger partial charge in [-0.1, -0.05) is 11.4 Å². The minimum atomic E-state index is -4.62. The summed E-state index contributed by atoms with van der Waals surface area (Å²) >= 11 is 0.928. The lowest BCUT2D eigenvalue weighted by Gasteiger charge is -2.08. The van der Waals surface area contributed by atoms with E-state index in [-0.39, 0.29) is 16.9 Å². The highest BCUT2D eigenvalue weighted by Gasteiger charge is 2.35. The van der Waals surface area contributed by atoms with Gasteiger partial charge in [0.05, 0.1) is 11.4 Å². The van der Waals surface area contributed by atoms with Crippen LogP contribution in [0.5, 0.6) is 0 Å². The van der Waals surface area contributed by atoms with Crippen molar-refractivity contribution >= 4 is 23.1 Å². The van der Waals surface area contributed by atoms with E-state index < -0.39 is 23.6 Å². The lowest BCUT2D eigenvalue weighted by molar-refractivity contribution is -0.141. The van der Waals surface area contributed by atoms with Crippen molar-refractivity contribution in [2.75, 3.05) is 5.32 Å². The van der Waals surface area contributed by atoms with Gasteiger partial charge in [0, 0.05) is 18.3 Å². The molecule has 2 aromatic heterocycles. The second-order valence-corrected chi connectivity index (χ2v) is 6.34. The Labute approximate surface area is 155 Å². The van der Waals surface area contributed by atoms with Crippen LogP contribution in [-0.4, -0.2) is 25.3 Å². The molecule has 6 nitrogen and oxygen atoms in total. The van der Waals surface area contributed by atoms with Gasteiger partial charge in [0.15, 0.2) is 5.69 Å². The van der Waals surface area contributed by atoms with Gasteiger partial charge >= 0.3 is 6.18 Å². The zero-order valence-electron chi connectivity index (χ0n) is 14.1. The van der Waals surface area contributed by atoms with E-state index in [0.29, 0.717) is 17.0 Å². The molecule has 3 aromatic rings. The third-order valence-corrected chi connectivity index (χ3v) is 4.54. The van der Waals surface area contributed by atoms with Gasteiger partial charge < -0.3 is 5.32 Å². The van der Waals surface area contributed by atoms with E-state index in [1.54, 1.807) is 0 Å². The van der Waals surface area contributed by atoms with Crippen LogP contribution in [0.25, 0.3) is 11.3 Å². The topological polar surface area (TPSA) is 72.7 Å². The first-order valence-corrected chi connectivity index (χ1v) is 8.51. The molecule has 142 valence electrons.